The van der Waals surface area contributed by atoms with E-state index in [1.807, 2.05) is 44.1 Å². The molecule has 0 amide bonds. The number of aryl methyl sites for hydroxylation is 1. The van der Waals surface area contributed by atoms with Crippen LogP contribution in [-0.2, 0) is 7.05 Å². The van der Waals surface area contributed by atoms with Crippen molar-refractivity contribution in [1.82, 2.24) is 4.57 Å². The molecule has 1 aromatic carbocycles. The van der Waals surface area contributed by atoms with Crippen LogP contribution >= 0.6 is 15.9 Å². The van der Waals surface area contributed by atoms with Crippen molar-refractivity contribution in [3.05, 3.63) is 67.4 Å². The van der Waals surface area contributed by atoms with Gasteiger partial charge in [0.1, 0.15) is 17.4 Å². The molecular formula is C19H19BrN4O2. The number of ether oxygens (including phenoxy) is 1. The number of hydrogen-bond acceptors (Lipinski definition) is 5. The van der Waals surface area contributed by atoms with Gasteiger partial charge in [0.05, 0.1) is 17.2 Å². The maximum atomic E-state index is 12.9. The average molecular weight is 415 g/mol. The highest BCUT2D eigenvalue weighted by Crippen LogP contribution is 2.42. The van der Waals surface area contributed by atoms with Crippen molar-refractivity contribution in [1.29, 1.82) is 5.26 Å². The van der Waals surface area contributed by atoms with Crippen LogP contribution < -0.4 is 20.9 Å². The van der Waals surface area contributed by atoms with Crippen LogP contribution in [0.2, 0.25) is 0 Å². The summed E-state index contributed by atoms with van der Waals surface area (Å²) in [6, 6.07) is 9.65. The molecular weight excluding hydrogens is 396 g/mol. The topological polar surface area (TPSA) is 84.3 Å². The first-order valence-electron chi connectivity index (χ1n) is 8.01. The molecule has 1 unspecified atom stereocenters. The number of nitriles is 1. The minimum absolute atomic E-state index is 0.0328. The minimum Gasteiger partial charge on any atom is -0.440 e. The number of benzene rings is 1. The fourth-order valence-corrected chi connectivity index (χ4v) is 3.89. The molecule has 1 aliphatic heterocycles. The van der Waals surface area contributed by atoms with Crippen molar-refractivity contribution in [3.8, 4) is 11.8 Å². The van der Waals surface area contributed by atoms with Gasteiger partial charge < -0.3 is 19.9 Å². The molecule has 1 aromatic heterocycles. The summed E-state index contributed by atoms with van der Waals surface area (Å²) in [6.07, 6.45) is 0. The largest absolute Gasteiger partial charge is 0.440 e. The van der Waals surface area contributed by atoms with Crippen molar-refractivity contribution >= 4 is 21.6 Å². The second-order valence-electron chi connectivity index (χ2n) is 6.46. The van der Waals surface area contributed by atoms with Crippen LogP contribution in [0, 0.1) is 18.3 Å². The highest BCUT2D eigenvalue weighted by atomic mass is 79.9. The third-order valence-corrected chi connectivity index (χ3v) is 5.27. The fourth-order valence-electron chi connectivity index (χ4n) is 3.14. The standard InChI is InChI=1S/C19H19BrN4O2/c1-10-7-15-17(19(25)24(10)4)16(12(9-21)18(22)26-15)11-5-6-14(23(2)3)13(20)8-11/h5-8,16H,22H2,1-4H3. The molecule has 0 fully saturated rings. The molecule has 2 aromatic rings. The van der Waals surface area contributed by atoms with Gasteiger partial charge in [-0.25, -0.2) is 0 Å². The van der Waals surface area contributed by atoms with Gasteiger partial charge in [-0.1, -0.05) is 6.07 Å². The molecule has 2 heterocycles. The number of aromatic nitrogens is 1. The first kappa shape index (κ1) is 18.1. The Morgan fingerprint density at radius 1 is 1.35 bits per heavy atom. The molecule has 2 N–H and O–H groups in total. The smallest absolute Gasteiger partial charge is 0.258 e. The second-order valence-corrected chi connectivity index (χ2v) is 7.31. The summed E-state index contributed by atoms with van der Waals surface area (Å²) in [5.41, 5.74) is 9.01. The van der Waals surface area contributed by atoms with Crippen LogP contribution in [-0.4, -0.2) is 18.7 Å². The summed E-state index contributed by atoms with van der Waals surface area (Å²) >= 11 is 3.57. The first-order valence-corrected chi connectivity index (χ1v) is 8.80. The molecule has 134 valence electrons. The van der Waals surface area contributed by atoms with E-state index in [1.165, 1.54) is 0 Å². The average Bonchev–Trinajstić information content (AvgIpc) is 2.58. The molecule has 6 nitrogen and oxygen atoms in total. The van der Waals surface area contributed by atoms with Gasteiger partial charge in [0.2, 0.25) is 5.88 Å². The lowest BCUT2D eigenvalue weighted by Gasteiger charge is -2.27. The van der Waals surface area contributed by atoms with E-state index in [4.69, 9.17) is 10.5 Å². The Morgan fingerprint density at radius 2 is 2.04 bits per heavy atom. The number of rotatable bonds is 2. The molecule has 7 heteroatoms. The van der Waals surface area contributed by atoms with Crippen LogP contribution in [0.15, 0.2) is 45.0 Å². The molecule has 3 rings (SSSR count). The normalized spacial score (nSPS) is 15.9. The Kier molecular flexibility index (Phi) is 4.55. The number of hydrogen-bond donors (Lipinski definition) is 1. The van der Waals surface area contributed by atoms with Crippen molar-refractivity contribution in [2.24, 2.45) is 12.8 Å². The van der Waals surface area contributed by atoms with E-state index in [1.54, 1.807) is 17.7 Å². The van der Waals surface area contributed by atoms with Crippen LogP contribution in [0.4, 0.5) is 5.69 Å². The number of nitrogens with two attached hydrogens (primary N) is 1. The Bertz CT molecular complexity index is 1030. The zero-order valence-corrected chi connectivity index (χ0v) is 16.6. The number of fused-ring (bicyclic) bond motifs is 1. The summed E-state index contributed by atoms with van der Waals surface area (Å²) in [5, 5.41) is 9.65. The summed E-state index contributed by atoms with van der Waals surface area (Å²) in [7, 11) is 5.59. The maximum absolute atomic E-state index is 12.9. The number of pyridine rings is 1. The van der Waals surface area contributed by atoms with Gasteiger partial charge in [-0.2, -0.15) is 5.26 Å². The van der Waals surface area contributed by atoms with Gasteiger partial charge >= 0.3 is 0 Å². The van der Waals surface area contributed by atoms with Crippen molar-refractivity contribution in [2.75, 3.05) is 19.0 Å². The summed E-state index contributed by atoms with van der Waals surface area (Å²) in [6.45, 7) is 1.82. The maximum Gasteiger partial charge on any atom is 0.258 e. The highest BCUT2D eigenvalue weighted by Gasteiger charge is 2.34. The Balaban J connectivity index is 2.30. The van der Waals surface area contributed by atoms with Gasteiger partial charge in [-0.15, -0.1) is 0 Å². The summed E-state index contributed by atoms with van der Waals surface area (Å²) in [5.74, 6) is -0.138. The number of nitrogens with zero attached hydrogens (tertiary/aromatic N) is 3. The van der Waals surface area contributed by atoms with Crippen LogP contribution in [0.5, 0.6) is 5.75 Å². The molecule has 1 aliphatic rings. The summed E-state index contributed by atoms with van der Waals surface area (Å²) in [4.78, 5) is 14.9. The van der Waals surface area contributed by atoms with Gasteiger partial charge in [0, 0.05) is 37.4 Å². The van der Waals surface area contributed by atoms with Gasteiger partial charge in [-0.05, 0) is 40.5 Å². The Labute approximate surface area is 160 Å². The van der Waals surface area contributed by atoms with E-state index >= 15 is 0 Å². The molecule has 0 saturated carbocycles. The van der Waals surface area contributed by atoms with Crippen LogP contribution in [0.25, 0.3) is 0 Å². The SMILES string of the molecule is Cc1cc2c(c(=O)n1C)C(c1ccc(N(C)C)c(Br)c1)C(C#N)=C(N)O2. The van der Waals surface area contributed by atoms with Gasteiger partial charge in [0.15, 0.2) is 0 Å². The molecule has 0 aliphatic carbocycles. The van der Waals surface area contributed by atoms with Crippen LogP contribution in [0.1, 0.15) is 22.7 Å². The van der Waals surface area contributed by atoms with E-state index in [-0.39, 0.29) is 17.0 Å². The van der Waals surface area contributed by atoms with Crippen molar-refractivity contribution in [2.45, 2.75) is 12.8 Å². The number of allylic oxidation sites excluding steroid dienone is 1. The zero-order valence-electron chi connectivity index (χ0n) is 15.0. The molecule has 0 spiro atoms. The monoisotopic (exact) mass is 414 g/mol. The first-order chi connectivity index (χ1) is 12.3. The lowest BCUT2D eigenvalue weighted by molar-refractivity contribution is 0.389. The van der Waals surface area contributed by atoms with Crippen molar-refractivity contribution < 1.29 is 4.74 Å². The number of halogens is 1. The van der Waals surface area contributed by atoms with Crippen molar-refractivity contribution in [3.63, 3.8) is 0 Å². The predicted molar refractivity (Wildman–Crippen MR) is 104 cm³/mol. The zero-order chi connectivity index (χ0) is 19.2. The van der Waals surface area contributed by atoms with Crippen LogP contribution in [0.3, 0.4) is 0 Å². The summed E-state index contributed by atoms with van der Waals surface area (Å²) < 4.78 is 8.02. The predicted octanol–water partition coefficient (Wildman–Crippen LogP) is 2.74. The Hall–Kier alpha value is -2.72. The third kappa shape index (κ3) is 2.76. The van der Waals surface area contributed by atoms with E-state index < -0.39 is 5.92 Å². The highest BCUT2D eigenvalue weighted by molar-refractivity contribution is 9.10. The lowest BCUT2D eigenvalue weighted by Crippen LogP contribution is -2.31. The Morgan fingerprint density at radius 3 is 2.62 bits per heavy atom. The second kappa shape index (κ2) is 6.54. The van der Waals surface area contributed by atoms with Gasteiger partial charge in [-0.3, -0.25) is 4.79 Å². The molecule has 0 radical (unpaired) electrons. The lowest BCUT2D eigenvalue weighted by atomic mass is 9.84. The van der Waals surface area contributed by atoms with E-state index in [9.17, 15) is 10.1 Å². The van der Waals surface area contributed by atoms with E-state index in [0.29, 0.717) is 11.3 Å². The van der Waals surface area contributed by atoms with E-state index in [0.717, 1.165) is 21.4 Å². The molecule has 0 bridgehead atoms. The molecule has 26 heavy (non-hydrogen) atoms. The van der Waals surface area contributed by atoms with E-state index in [2.05, 4.69) is 22.0 Å². The third-order valence-electron chi connectivity index (χ3n) is 4.64. The van der Waals surface area contributed by atoms with Gasteiger partial charge in [0.25, 0.3) is 5.56 Å². The fraction of sp³-hybridized carbons (Fsp3) is 0.263. The molecule has 1 atom stereocenters. The molecule has 0 saturated heterocycles. The quantitative estimate of drug-likeness (QED) is 0.816. The number of anilines is 1. The minimum atomic E-state index is -0.574.